The first-order valence-corrected chi connectivity index (χ1v) is 16.6. The number of hydrogen-bond acceptors (Lipinski definition) is 4. The molecule has 0 aliphatic rings. The maximum Gasteiger partial charge on any atom is 0.267 e. The van der Waals surface area contributed by atoms with Crippen LogP contribution >= 0.6 is 0 Å². The minimum Gasteiger partial charge on any atom is -0.387 e. The fraction of sp³-hybridized carbons (Fsp3) is 0.833. The fourth-order valence-electron chi connectivity index (χ4n) is 4.32. The molecule has 0 aliphatic heterocycles. The summed E-state index contributed by atoms with van der Waals surface area (Å²) < 4.78 is 31.9. The largest absolute Gasteiger partial charge is 0.387 e. The molecule has 0 aliphatic carbocycles. The number of nitrogens with one attached hydrogen (secondary N) is 1. The molecule has 2 unspecified atom stereocenters. The summed E-state index contributed by atoms with van der Waals surface area (Å²) in [6.45, 7) is 4.36. The smallest absolute Gasteiger partial charge is 0.267 e. The van der Waals surface area contributed by atoms with Gasteiger partial charge in [-0.2, -0.15) is 8.42 Å². The van der Waals surface area contributed by atoms with Crippen LogP contribution in [0.25, 0.3) is 0 Å². The van der Waals surface area contributed by atoms with Crippen LogP contribution in [0.2, 0.25) is 0 Å². The summed E-state index contributed by atoms with van der Waals surface area (Å²) >= 11 is 0. The zero-order valence-electron chi connectivity index (χ0n) is 23.8. The molecule has 0 aromatic rings. The van der Waals surface area contributed by atoms with E-state index in [0.717, 1.165) is 51.4 Å². The molecule has 0 aromatic heterocycles. The molecule has 7 heteroatoms. The summed E-state index contributed by atoms with van der Waals surface area (Å²) in [5, 5.41) is 12.9. The number of rotatable bonds is 26. The Balaban J connectivity index is 3.90. The van der Waals surface area contributed by atoms with Gasteiger partial charge < -0.3 is 10.4 Å². The first kappa shape index (κ1) is 35.8. The van der Waals surface area contributed by atoms with E-state index in [1.54, 1.807) is 6.08 Å². The van der Waals surface area contributed by atoms with Gasteiger partial charge in [0.1, 0.15) is 0 Å². The molecular weight excluding hydrogens is 486 g/mol. The summed E-state index contributed by atoms with van der Waals surface area (Å²) in [5.74, 6) is -0.993. The zero-order chi connectivity index (χ0) is 27.6. The van der Waals surface area contributed by atoms with Crippen molar-refractivity contribution >= 4 is 16.0 Å². The number of carbonyl (C=O) groups is 1. The second-order valence-electron chi connectivity index (χ2n) is 10.4. The van der Waals surface area contributed by atoms with Crippen LogP contribution in [0.1, 0.15) is 142 Å². The van der Waals surface area contributed by atoms with Crippen LogP contribution in [0.15, 0.2) is 24.3 Å². The molecule has 218 valence electrons. The van der Waals surface area contributed by atoms with Gasteiger partial charge >= 0.3 is 0 Å². The Bertz CT molecular complexity index is 690. The Morgan fingerprint density at radius 3 is 1.68 bits per heavy atom. The number of carbonyl (C=O) groups excluding carboxylic acids is 1. The second kappa shape index (κ2) is 25.1. The number of aliphatic hydroxyl groups is 1. The zero-order valence-corrected chi connectivity index (χ0v) is 24.7. The van der Waals surface area contributed by atoms with Crippen molar-refractivity contribution in [2.45, 2.75) is 154 Å². The highest BCUT2D eigenvalue weighted by molar-refractivity contribution is 7.85. The molecule has 37 heavy (non-hydrogen) atoms. The molecule has 2 atom stereocenters. The minimum atomic E-state index is -4.32. The Labute approximate surface area is 228 Å². The lowest BCUT2D eigenvalue weighted by Crippen LogP contribution is -2.46. The van der Waals surface area contributed by atoms with E-state index in [1.165, 1.54) is 76.7 Å². The molecule has 0 aromatic carbocycles. The molecule has 0 bridgehead atoms. The second-order valence-corrected chi connectivity index (χ2v) is 11.9. The van der Waals surface area contributed by atoms with Gasteiger partial charge in [-0.15, -0.1) is 0 Å². The van der Waals surface area contributed by atoms with E-state index in [4.69, 9.17) is 0 Å². The van der Waals surface area contributed by atoms with Crippen LogP contribution < -0.4 is 5.32 Å². The van der Waals surface area contributed by atoms with E-state index in [0.29, 0.717) is 0 Å². The molecule has 3 N–H and O–H groups in total. The highest BCUT2D eigenvalue weighted by Crippen LogP contribution is 2.12. The van der Waals surface area contributed by atoms with Gasteiger partial charge in [-0.25, -0.2) is 0 Å². The van der Waals surface area contributed by atoms with Crippen molar-refractivity contribution in [3.63, 3.8) is 0 Å². The predicted octanol–water partition coefficient (Wildman–Crippen LogP) is 7.67. The number of unbranched alkanes of at least 4 members (excludes halogenated alkanes) is 16. The van der Waals surface area contributed by atoms with Crippen molar-refractivity contribution in [1.82, 2.24) is 5.32 Å². The van der Waals surface area contributed by atoms with E-state index in [-0.39, 0.29) is 12.3 Å². The highest BCUT2D eigenvalue weighted by Gasteiger charge is 2.24. The molecule has 0 radical (unpaired) electrons. The number of amides is 1. The predicted molar refractivity (Wildman–Crippen MR) is 156 cm³/mol. The van der Waals surface area contributed by atoms with Crippen LogP contribution in [0.5, 0.6) is 0 Å². The number of aliphatic hydroxyl groups excluding tert-OH is 1. The van der Waals surface area contributed by atoms with Gasteiger partial charge in [0, 0.05) is 6.42 Å². The Morgan fingerprint density at radius 2 is 1.14 bits per heavy atom. The molecular formula is C30H57NO5S. The molecule has 0 saturated heterocycles. The van der Waals surface area contributed by atoms with E-state index in [1.807, 2.05) is 0 Å². The standard InChI is InChI=1S/C30H57NO5S/c1-3-5-7-9-10-11-12-13-14-15-16-17-18-19-20-22-24-26-30(33)31-28(27-37(34,35)36)29(32)25-23-21-8-6-4-2/h13-14,23,25,28-29,32H,3-12,15-22,24,26-27H2,1-2H3,(H,31,33)(H,34,35,36)/b14-13-,25-23+. The van der Waals surface area contributed by atoms with Crippen molar-refractivity contribution in [3.8, 4) is 0 Å². The van der Waals surface area contributed by atoms with Gasteiger partial charge in [0.2, 0.25) is 5.91 Å². The van der Waals surface area contributed by atoms with Crippen LogP contribution in [0.4, 0.5) is 0 Å². The lowest BCUT2D eigenvalue weighted by molar-refractivity contribution is -0.122. The lowest BCUT2D eigenvalue weighted by atomic mass is 10.1. The molecule has 0 saturated carbocycles. The summed E-state index contributed by atoms with van der Waals surface area (Å²) in [6.07, 6.45) is 29.2. The molecule has 0 spiro atoms. The third-order valence-electron chi connectivity index (χ3n) is 6.62. The maximum absolute atomic E-state index is 12.3. The number of hydrogen-bond donors (Lipinski definition) is 3. The minimum absolute atomic E-state index is 0.290. The van der Waals surface area contributed by atoms with Crippen molar-refractivity contribution in [3.05, 3.63) is 24.3 Å². The SMILES string of the molecule is CCCCC/C=C/C(O)C(CS(=O)(=O)O)NC(=O)CCCCCCCCC/C=C\CCCCCCCC. The highest BCUT2D eigenvalue weighted by atomic mass is 32.2. The molecule has 6 nitrogen and oxygen atoms in total. The van der Waals surface area contributed by atoms with E-state index in [9.17, 15) is 22.9 Å². The summed E-state index contributed by atoms with van der Waals surface area (Å²) in [7, 11) is -4.32. The third-order valence-corrected chi connectivity index (χ3v) is 7.40. The Morgan fingerprint density at radius 1 is 0.703 bits per heavy atom. The monoisotopic (exact) mass is 543 g/mol. The van der Waals surface area contributed by atoms with Gasteiger partial charge in [0.05, 0.1) is 17.9 Å². The van der Waals surface area contributed by atoms with E-state index in [2.05, 4.69) is 31.3 Å². The number of allylic oxidation sites excluding steroid dienone is 3. The summed E-state index contributed by atoms with van der Waals surface area (Å²) in [5.41, 5.74) is 0. The first-order chi connectivity index (χ1) is 17.8. The van der Waals surface area contributed by atoms with Crippen LogP contribution in [-0.2, 0) is 14.9 Å². The lowest BCUT2D eigenvalue weighted by Gasteiger charge is -2.21. The average Bonchev–Trinajstić information content (AvgIpc) is 2.84. The van der Waals surface area contributed by atoms with Gasteiger partial charge in [-0.1, -0.05) is 115 Å². The van der Waals surface area contributed by atoms with Crippen LogP contribution in [0.3, 0.4) is 0 Å². The van der Waals surface area contributed by atoms with Crippen molar-refractivity contribution in [2.75, 3.05) is 5.75 Å². The van der Waals surface area contributed by atoms with Gasteiger partial charge in [-0.3, -0.25) is 9.35 Å². The van der Waals surface area contributed by atoms with Crippen molar-refractivity contribution in [2.24, 2.45) is 0 Å². The quantitative estimate of drug-likeness (QED) is 0.0590. The Kier molecular flexibility index (Phi) is 24.3. The summed E-state index contributed by atoms with van der Waals surface area (Å²) in [6, 6.07) is -1.05. The molecule has 0 fully saturated rings. The molecule has 0 rings (SSSR count). The molecule has 1 amide bonds. The average molecular weight is 544 g/mol. The van der Waals surface area contributed by atoms with Crippen molar-refractivity contribution < 1.29 is 22.9 Å². The van der Waals surface area contributed by atoms with Crippen LogP contribution in [-0.4, -0.2) is 41.9 Å². The summed E-state index contributed by atoms with van der Waals surface area (Å²) in [4.78, 5) is 12.3. The van der Waals surface area contributed by atoms with Crippen molar-refractivity contribution in [1.29, 1.82) is 0 Å². The Hall–Kier alpha value is -1.18. The van der Waals surface area contributed by atoms with Crippen LogP contribution in [0, 0.1) is 0 Å². The van der Waals surface area contributed by atoms with Gasteiger partial charge in [0.25, 0.3) is 10.1 Å². The maximum atomic E-state index is 12.3. The topological polar surface area (TPSA) is 104 Å². The van der Waals surface area contributed by atoms with Gasteiger partial charge in [-0.05, 0) is 44.9 Å². The normalized spacial score (nSPS) is 13.9. The first-order valence-electron chi connectivity index (χ1n) is 15.0. The third kappa shape index (κ3) is 26.2. The van der Waals surface area contributed by atoms with E-state index < -0.39 is 28.0 Å². The fourth-order valence-corrected chi connectivity index (χ4v) is 5.06. The molecule has 0 heterocycles. The van der Waals surface area contributed by atoms with E-state index >= 15 is 0 Å². The van der Waals surface area contributed by atoms with Gasteiger partial charge in [0.15, 0.2) is 0 Å².